The highest BCUT2D eigenvalue weighted by atomic mass is 19.1. The Labute approximate surface area is 166 Å². The van der Waals surface area contributed by atoms with Crippen LogP contribution >= 0.6 is 0 Å². The Hall–Kier alpha value is -3.54. The Morgan fingerprint density at radius 1 is 1.07 bits per heavy atom. The Morgan fingerprint density at radius 2 is 1.86 bits per heavy atom. The van der Waals surface area contributed by atoms with Crippen LogP contribution in [0.1, 0.15) is 29.2 Å². The maximum atomic E-state index is 13.9. The van der Waals surface area contributed by atoms with Crippen molar-refractivity contribution in [3.8, 4) is 0 Å². The molecule has 29 heavy (non-hydrogen) atoms. The third kappa shape index (κ3) is 4.16. The molecule has 0 saturated carbocycles. The van der Waals surface area contributed by atoms with Crippen LogP contribution in [0, 0.1) is 18.6 Å². The summed E-state index contributed by atoms with van der Waals surface area (Å²) in [6.07, 6.45) is 3.70. The van der Waals surface area contributed by atoms with Gasteiger partial charge in [-0.05, 0) is 66.6 Å². The fourth-order valence-electron chi connectivity index (χ4n) is 3.41. The minimum Gasteiger partial charge on any atom is -0.326 e. The van der Waals surface area contributed by atoms with E-state index in [-0.39, 0.29) is 24.0 Å². The SMILES string of the molecule is Cc1ccn2c([C@@H](CC(=O)Nc3ccc(F)cc3)c3cccc(F)c3)cnc2c1. The molecule has 146 valence electrons. The number of hydrogen-bond acceptors (Lipinski definition) is 2. The number of hydrogen-bond donors (Lipinski definition) is 1. The minimum atomic E-state index is -0.399. The average Bonchev–Trinajstić information content (AvgIpc) is 3.10. The van der Waals surface area contributed by atoms with Crippen LogP contribution in [-0.4, -0.2) is 15.3 Å². The second-order valence-corrected chi connectivity index (χ2v) is 6.98. The first-order valence-corrected chi connectivity index (χ1v) is 9.24. The fraction of sp³-hybridized carbons (Fsp3) is 0.130. The Balaban J connectivity index is 1.68. The van der Waals surface area contributed by atoms with E-state index in [9.17, 15) is 13.6 Å². The van der Waals surface area contributed by atoms with E-state index in [4.69, 9.17) is 0 Å². The second-order valence-electron chi connectivity index (χ2n) is 6.98. The molecule has 6 heteroatoms. The molecule has 2 aromatic heterocycles. The molecule has 0 fully saturated rings. The van der Waals surface area contributed by atoms with E-state index < -0.39 is 5.92 Å². The molecule has 0 spiro atoms. The lowest BCUT2D eigenvalue weighted by molar-refractivity contribution is -0.116. The molecule has 0 aliphatic heterocycles. The summed E-state index contributed by atoms with van der Waals surface area (Å²) in [6, 6.07) is 15.7. The molecule has 0 bridgehead atoms. The van der Waals surface area contributed by atoms with Crippen molar-refractivity contribution in [3.05, 3.63) is 102 Å². The first-order chi connectivity index (χ1) is 14.0. The van der Waals surface area contributed by atoms with E-state index in [1.807, 2.05) is 29.7 Å². The molecule has 1 N–H and O–H groups in total. The van der Waals surface area contributed by atoms with Gasteiger partial charge in [-0.3, -0.25) is 4.79 Å². The number of pyridine rings is 1. The number of nitrogens with one attached hydrogen (secondary N) is 1. The number of aryl methyl sites for hydroxylation is 1. The van der Waals surface area contributed by atoms with Gasteiger partial charge in [-0.1, -0.05) is 12.1 Å². The molecule has 0 unspecified atom stereocenters. The van der Waals surface area contributed by atoms with Crippen LogP contribution in [0.3, 0.4) is 0 Å². The van der Waals surface area contributed by atoms with Crippen LogP contribution in [0.4, 0.5) is 14.5 Å². The molecule has 4 aromatic rings. The van der Waals surface area contributed by atoms with Crippen molar-refractivity contribution >= 4 is 17.2 Å². The first kappa shape index (κ1) is 18.8. The van der Waals surface area contributed by atoms with E-state index in [0.29, 0.717) is 11.3 Å². The maximum Gasteiger partial charge on any atom is 0.225 e. The van der Waals surface area contributed by atoms with Gasteiger partial charge in [-0.15, -0.1) is 0 Å². The molecule has 0 radical (unpaired) electrons. The molecule has 0 aliphatic carbocycles. The fourth-order valence-corrected chi connectivity index (χ4v) is 3.41. The summed E-state index contributed by atoms with van der Waals surface area (Å²) in [4.78, 5) is 17.2. The largest absolute Gasteiger partial charge is 0.326 e. The highest BCUT2D eigenvalue weighted by Crippen LogP contribution is 2.30. The number of amides is 1. The molecule has 2 heterocycles. The van der Waals surface area contributed by atoms with Gasteiger partial charge in [-0.2, -0.15) is 0 Å². The summed E-state index contributed by atoms with van der Waals surface area (Å²) < 4.78 is 28.9. The van der Waals surface area contributed by atoms with E-state index in [2.05, 4.69) is 10.3 Å². The van der Waals surface area contributed by atoms with E-state index in [0.717, 1.165) is 16.9 Å². The molecule has 2 aromatic carbocycles. The third-order valence-corrected chi connectivity index (χ3v) is 4.82. The molecular formula is C23H19F2N3O. The van der Waals surface area contributed by atoms with E-state index >= 15 is 0 Å². The first-order valence-electron chi connectivity index (χ1n) is 9.24. The number of carbonyl (C=O) groups excluding carboxylic acids is 1. The molecule has 0 aliphatic rings. The highest BCUT2D eigenvalue weighted by molar-refractivity contribution is 5.91. The number of imidazole rings is 1. The van der Waals surface area contributed by atoms with Gasteiger partial charge in [0.05, 0.1) is 5.69 Å². The quantitative estimate of drug-likeness (QED) is 0.516. The zero-order chi connectivity index (χ0) is 20.4. The lowest BCUT2D eigenvalue weighted by Crippen LogP contribution is -2.17. The molecule has 4 nitrogen and oxygen atoms in total. The van der Waals surface area contributed by atoms with Crippen molar-refractivity contribution in [2.45, 2.75) is 19.3 Å². The normalized spacial score (nSPS) is 12.1. The van der Waals surface area contributed by atoms with Gasteiger partial charge in [0.15, 0.2) is 0 Å². The van der Waals surface area contributed by atoms with Crippen molar-refractivity contribution in [2.24, 2.45) is 0 Å². The lowest BCUT2D eigenvalue weighted by atomic mass is 9.92. The Bertz CT molecular complexity index is 1170. The number of rotatable bonds is 5. The highest BCUT2D eigenvalue weighted by Gasteiger charge is 2.22. The van der Waals surface area contributed by atoms with Crippen LogP contribution in [0.2, 0.25) is 0 Å². The smallest absolute Gasteiger partial charge is 0.225 e. The molecule has 0 saturated heterocycles. The van der Waals surface area contributed by atoms with Crippen LogP contribution in [-0.2, 0) is 4.79 Å². The number of halogens is 2. The van der Waals surface area contributed by atoms with Gasteiger partial charge >= 0.3 is 0 Å². The van der Waals surface area contributed by atoms with Crippen molar-refractivity contribution in [1.82, 2.24) is 9.38 Å². The number of anilines is 1. The Kier molecular flexibility index (Phi) is 5.08. The zero-order valence-electron chi connectivity index (χ0n) is 15.8. The van der Waals surface area contributed by atoms with Gasteiger partial charge in [0.2, 0.25) is 5.91 Å². The standard InChI is InChI=1S/C23H19F2N3O/c1-15-9-10-28-21(14-26-22(28)11-15)20(16-3-2-4-18(25)12-16)13-23(29)27-19-7-5-17(24)6-8-19/h2-12,14,20H,13H2,1H3,(H,27,29)/t20-/m0/s1. The predicted octanol–water partition coefficient (Wildman–Crippen LogP) is 5.08. The second kappa shape index (κ2) is 7.83. The number of fused-ring (bicyclic) bond motifs is 1. The van der Waals surface area contributed by atoms with Gasteiger partial charge in [0.1, 0.15) is 17.3 Å². The summed E-state index contributed by atoms with van der Waals surface area (Å²) in [5, 5.41) is 2.77. The van der Waals surface area contributed by atoms with Gasteiger partial charge in [-0.25, -0.2) is 13.8 Å². The number of benzene rings is 2. The monoisotopic (exact) mass is 391 g/mol. The van der Waals surface area contributed by atoms with Crippen LogP contribution in [0.5, 0.6) is 0 Å². The lowest BCUT2D eigenvalue weighted by Gasteiger charge is -2.17. The van der Waals surface area contributed by atoms with E-state index in [1.54, 1.807) is 18.3 Å². The van der Waals surface area contributed by atoms with Gasteiger partial charge in [0, 0.05) is 30.4 Å². The van der Waals surface area contributed by atoms with Crippen molar-refractivity contribution < 1.29 is 13.6 Å². The third-order valence-electron chi connectivity index (χ3n) is 4.82. The predicted molar refractivity (Wildman–Crippen MR) is 108 cm³/mol. The summed E-state index contributed by atoms with van der Waals surface area (Å²) in [6.45, 7) is 1.98. The van der Waals surface area contributed by atoms with Crippen molar-refractivity contribution in [1.29, 1.82) is 0 Å². The van der Waals surface area contributed by atoms with Crippen molar-refractivity contribution in [2.75, 3.05) is 5.32 Å². The maximum absolute atomic E-state index is 13.9. The zero-order valence-corrected chi connectivity index (χ0v) is 15.8. The number of carbonyl (C=O) groups is 1. The Morgan fingerprint density at radius 3 is 2.62 bits per heavy atom. The summed E-state index contributed by atoms with van der Waals surface area (Å²) in [5.41, 5.74) is 3.82. The molecule has 1 atom stereocenters. The van der Waals surface area contributed by atoms with Gasteiger partial charge < -0.3 is 9.72 Å². The molecule has 1 amide bonds. The van der Waals surface area contributed by atoms with Gasteiger partial charge in [0.25, 0.3) is 0 Å². The molecule has 4 rings (SSSR count). The van der Waals surface area contributed by atoms with Crippen LogP contribution in [0.15, 0.2) is 73.1 Å². The summed E-state index contributed by atoms with van der Waals surface area (Å²) in [5.74, 6) is -1.39. The summed E-state index contributed by atoms with van der Waals surface area (Å²) in [7, 11) is 0. The number of aromatic nitrogens is 2. The van der Waals surface area contributed by atoms with Crippen molar-refractivity contribution in [3.63, 3.8) is 0 Å². The average molecular weight is 391 g/mol. The van der Waals surface area contributed by atoms with Crippen LogP contribution < -0.4 is 5.32 Å². The summed E-state index contributed by atoms with van der Waals surface area (Å²) >= 11 is 0. The molecular weight excluding hydrogens is 372 g/mol. The topological polar surface area (TPSA) is 46.4 Å². The number of nitrogens with zero attached hydrogens (tertiary/aromatic N) is 2. The minimum absolute atomic E-state index is 0.0858. The van der Waals surface area contributed by atoms with Crippen LogP contribution in [0.25, 0.3) is 5.65 Å². The van der Waals surface area contributed by atoms with E-state index in [1.165, 1.54) is 36.4 Å².